The maximum absolute atomic E-state index is 6.48. The second-order valence-electron chi connectivity index (χ2n) is 23.7. The molecule has 9 aromatic rings. The van der Waals surface area contributed by atoms with Crippen molar-refractivity contribution < 1.29 is 4.42 Å². The first-order chi connectivity index (χ1) is 33.5. The molecule has 2 aliphatic heterocycles. The van der Waals surface area contributed by atoms with Crippen molar-refractivity contribution >= 4 is 96.2 Å². The Bertz CT molecular complexity index is 3600. The van der Waals surface area contributed by atoms with E-state index < -0.39 is 0 Å². The Morgan fingerprint density at radius 3 is 1.69 bits per heavy atom. The number of rotatable bonds is 5. The fraction of sp³-hybridized carbons (Fsp3) is 0.262. The molecule has 0 saturated carbocycles. The maximum Gasteiger partial charge on any atom is 0.252 e. The average Bonchev–Trinajstić information content (AvgIpc) is 3.79. The fourth-order valence-electron chi connectivity index (χ4n) is 13.7. The van der Waals surface area contributed by atoms with Gasteiger partial charge in [-0.15, -0.1) is 0 Å². The van der Waals surface area contributed by atoms with Gasteiger partial charge in [0.2, 0.25) is 0 Å². The summed E-state index contributed by atoms with van der Waals surface area (Å²) < 4.78 is 6.48. The molecule has 3 heterocycles. The molecule has 2 aliphatic carbocycles. The van der Waals surface area contributed by atoms with Gasteiger partial charge in [-0.25, -0.2) is 0 Å². The largest absolute Gasteiger partial charge is 0.456 e. The number of hydrogen-bond donors (Lipinski definition) is 0. The van der Waals surface area contributed by atoms with Crippen LogP contribution in [0, 0.1) is 13.8 Å². The van der Waals surface area contributed by atoms with Crippen LogP contribution in [0.2, 0.25) is 0 Å². The molecular weight excluding hydrogens is 850 g/mol. The molecule has 1 aromatic heterocycles. The van der Waals surface area contributed by atoms with Gasteiger partial charge in [-0.2, -0.15) is 0 Å². The number of para-hydroxylation sites is 3. The average molecular weight is 912 g/mol. The predicted octanol–water partition coefficient (Wildman–Crippen LogP) is 16.1. The van der Waals surface area contributed by atoms with Gasteiger partial charge in [0.1, 0.15) is 11.2 Å². The summed E-state index contributed by atoms with van der Waals surface area (Å²) in [6.07, 6.45) is 3.44. The van der Waals surface area contributed by atoms with Crippen LogP contribution in [0.1, 0.15) is 108 Å². The smallest absolute Gasteiger partial charge is 0.252 e. The SMILES string of the molecule is Cc1cc2c3c(c1)N(c1cc4c(cc1C)C(C)(C)CC4(C)C)c1cc4c(cc1B3c1ccc(N(c3ccccc3)c3ccccc3)cc1N2c1ccc2oc3ccccc3c2c1)C(C)(C)CCC4(C)C. The monoisotopic (exact) mass is 911 g/mol. The van der Waals surface area contributed by atoms with Crippen LogP contribution >= 0.6 is 0 Å². The van der Waals surface area contributed by atoms with Crippen molar-refractivity contribution in [2.45, 2.75) is 110 Å². The summed E-state index contributed by atoms with van der Waals surface area (Å²) in [7, 11) is 0. The van der Waals surface area contributed by atoms with Gasteiger partial charge in [0.15, 0.2) is 0 Å². The van der Waals surface area contributed by atoms with Crippen LogP contribution in [-0.2, 0) is 21.7 Å². The molecule has 5 heteroatoms. The van der Waals surface area contributed by atoms with E-state index in [0.29, 0.717) is 0 Å². The molecule has 13 rings (SSSR count). The first-order valence-electron chi connectivity index (χ1n) is 25.5. The minimum Gasteiger partial charge on any atom is -0.456 e. The molecule has 0 fully saturated rings. The first kappa shape index (κ1) is 43.1. The van der Waals surface area contributed by atoms with Crippen molar-refractivity contribution in [2.24, 2.45) is 0 Å². The van der Waals surface area contributed by atoms with Gasteiger partial charge in [0.05, 0.1) is 0 Å². The third kappa shape index (κ3) is 6.29. The van der Waals surface area contributed by atoms with Crippen molar-refractivity contribution in [2.75, 3.05) is 14.7 Å². The molecule has 70 heavy (non-hydrogen) atoms. The topological polar surface area (TPSA) is 22.9 Å². The fourth-order valence-corrected chi connectivity index (χ4v) is 13.7. The van der Waals surface area contributed by atoms with Crippen LogP contribution in [0.3, 0.4) is 0 Å². The standard InChI is InChI=1S/C65H62BN3O/c1-40-31-57-61-58(32-40)69(54-37-51-48(33-41(54)2)64(7,8)39-65(51,9)10)56-38-50-49(62(3,4)29-30-63(50,5)6)36-53(56)66(61)52-27-25-45(67(42-19-13-11-14-20-42)43-21-15-12-16-22-43)35-55(52)68(57)44-26-28-60-47(34-44)46-23-17-18-24-59(46)70-60/h11-28,31-38H,29-30,39H2,1-10H3. The van der Waals surface area contributed by atoms with E-state index in [1.54, 1.807) is 0 Å². The summed E-state index contributed by atoms with van der Waals surface area (Å²) in [6, 6.07) is 59.6. The summed E-state index contributed by atoms with van der Waals surface area (Å²) in [6.45, 7) is 24.3. The van der Waals surface area contributed by atoms with Gasteiger partial charge >= 0.3 is 0 Å². The minimum absolute atomic E-state index is 0.0196. The van der Waals surface area contributed by atoms with Gasteiger partial charge in [0, 0.05) is 62.0 Å². The van der Waals surface area contributed by atoms with Crippen molar-refractivity contribution in [1.29, 1.82) is 0 Å². The lowest BCUT2D eigenvalue weighted by molar-refractivity contribution is 0.332. The Hall–Kier alpha value is -6.98. The highest BCUT2D eigenvalue weighted by molar-refractivity contribution is 7.00. The lowest BCUT2D eigenvalue weighted by Gasteiger charge is -2.48. The van der Waals surface area contributed by atoms with Gasteiger partial charge < -0.3 is 19.1 Å². The predicted molar refractivity (Wildman–Crippen MR) is 298 cm³/mol. The molecule has 0 atom stereocenters. The molecule has 4 aliphatic rings. The molecule has 0 radical (unpaired) electrons. The van der Waals surface area contributed by atoms with Crippen LogP contribution in [0.5, 0.6) is 0 Å². The summed E-state index contributed by atoms with van der Waals surface area (Å²) in [5.74, 6) is 0. The number of hydrogen-bond acceptors (Lipinski definition) is 4. The van der Waals surface area contributed by atoms with E-state index in [1.807, 2.05) is 0 Å². The number of furan rings is 1. The summed E-state index contributed by atoms with van der Waals surface area (Å²) in [4.78, 5) is 7.68. The van der Waals surface area contributed by atoms with E-state index in [4.69, 9.17) is 4.42 Å². The minimum atomic E-state index is -0.0196. The van der Waals surface area contributed by atoms with Crippen molar-refractivity contribution in [1.82, 2.24) is 0 Å². The van der Waals surface area contributed by atoms with E-state index in [0.717, 1.165) is 64.0 Å². The summed E-state index contributed by atoms with van der Waals surface area (Å²) >= 11 is 0. The third-order valence-electron chi connectivity index (χ3n) is 17.0. The molecule has 0 saturated heterocycles. The van der Waals surface area contributed by atoms with Gasteiger partial charge in [-0.1, -0.05) is 128 Å². The van der Waals surface area contributed by atoms with E-state index in [2.05, 4.69) is 242 Å². The third-order valence-corrected chi connectivity index (χ3v) is 17.0. The quantitative estimate of drug-likeness (QED) is 0.161. The second kappa shape index (κ2) is 14.8. The van der Waals surface area contributed by atoms with E-state index in [1.165, 1.54) is 78.2 Å². The summed E-state index contributed by atoms with van der Waals surface area (Å²) in [5.41, 5.74) is 25.3. The Labute approximate surface area is 414 Å². The van der Waals surface area contributed by atoms with E-state index in [-0.39, 0.29) is 28.4 Å². The highest BCUT2D eigenvalue weighted by Crippen LogP contribution is 2.55. The lowest BCUT2D eigenvalue weighted by Crippen LogP contribution is -2.62. The zero-order valence-corrected chi connectivity index (χ0v) is 42.5. The normalized spacial score (nSPS) is 17.5. The van der Waals surface area contributed by atoms with Crippen molar-refractivity contribution in [3.63, 3.8) is 0 Å². The van der Waals surface area contributed by atoms with E-state index in [9.17, 15) is 0 Å². The van der Waals surface area contributed by atoms with Gasteiger partial charge in [-0.3, -0.25) is 0 Å². The van der Waals surface area contributed by atoms with Crippen LogP contribution in [0.25, 0.3) is 21.9 Å². The highest BCUT2D eigenvalue weighted by atomic mass is 16.3. The lowest BCUT2D eigenvalue weighted by atomic mass is 9.33. The van der Waals surface area contributed by atoms with E-state index >= 15 is 0 Å². The summed E-state index contributed by atoms with van der Waals surface area (Å²) in [5, 5.41) is 2.25. The Morgan fingerprint density at radius 2 is 1.00 bits per heavy atom. The Kier molecular flexibility index (Phi) is 9.09. The molecule has 0 amide bonds. The second-order valence-corrected chi connectivity index (χ2v) is 23.7. The Balaban J connectivity index is 1.14. The Morgan fingerprint density at radius 1 is 0.443 bits per heavy atom. The van der Waals surface area contributed by atoms with Crippen LogP contribution in [0.4, 0.5) is 51.2 Å². The number of nitrogens with zero attached hydrogens (tertiary/aromatic N) is 3. The maximum atomic E-state index is 6.48. The number of anilines is 9. The van der Waals surface area contributed by atoms with Gasteiger partial charge in [0.25, 0.3) is 6.71 Å². The van der Waals surface area contributed by atoms with Crippen molar-refractivity contribution in [3.05, 3.63) is 191 Å². The first-order valence-corrected chi connectivity index (χ1v) is 25.5. The number of aryl methyl sites for hydroxylation is 2. The van der Waals surface area contributed by atoms with Crippen molar-refractivity contribution in [3.8, 4) is 0 Å². The van der Waals surface area contributed by atoms with Crippen LogP contribution < -0.4 is 31.1 Å². The zero-order chi connectivity index (χ0) is 48.2. The molecule has 0 unspecified atom stereocenters. The zero-order valence-electron chi connectivity index (χ0n) is 42.5. The van der Waals surface area contributed by atoms with Crippen LogP contribution in [-0.4, -0.2) is 6.71 Å². The molecule has 4 nitrogen and oxygen atoms in total. The number of benzene rings is 8. The van der Waals surface area contributed by atoms with Gasteiger partial charge in [-0.05, 0) is 189 Å². The molecule has 346 valence electrons. The molecule has 0 N–H and O–H groups in total. The molecule has 0 bridgehead atoms. The molecule has 8 aromatic carbocycles. The molecular formula is C65H62BN3O. The highest BCUT2D eigenvalue weighted by Gasteiger charge is 2.48. The van der Waals surface area contributed by atoms with Crippen LogP contribution in [0.15, 0.2) is 162 Å². The molecule has 0 spiro atoms. The number of fused-ring (bicyclic) bond motifs is 9.